The van der Waals surface area contributed by atoms with E-state index in [1.54, 1.807) is 12.1 Å². The van der Waals surface area contributed by atoms with Crippen LogP contribution in [0.4, 0.5) is 0 Å². The van der Waals surface area contributed by atoms with Crippen molar-refractivity contribution >= 4 is 39.1 Å². The molecule has 112 valence electrons. The molecule has 1 unspecified atom stereocenters. The summed E-state index contributed by atoms with van der Waals surface area (Å²) in [5.74, 6) is 0.768. The van der Waals surface area contributed by atoms with Crippen molar-refractivity contribution in [3.8, 4) is 5.75 Å². The topological polar surface area (TPSA) is 35.2 Å². The van der Waals surface area contributed by atoms with Crippen molar-refractivity contribution in [3.05, 3.63) is 62.0 Å². The maximum absolute atomic E-state index is 6.13. The van der Waals surface area contributed by atoms with E-state index in [1.807, 2.05) is 31.2 Å². The molecule has 0 aliphatic carbocycles. The van der Waals surface area contributed by atoms with E-state index in [4.69, 9.17) is 33.7 Å². The molecule has 0 amide bonds. The Kier molecular flexibility index (Phi) is 5.94. The van der Waals surface area contributed by atoms with Gasteiger partial charge in [0.1, 0.15) is 12.4 Å². The van der Waals surface area contributed by atoms with Crippen molar-refractivity contribution in [1.82, 2.24) is 0 Å². The highest BCUT2D eigenvalue weighted by Gasteiger charge is 2.08. The number of halogens is 3. The van der Waals surface area contributed by atoms with Crippen LogP contribution >= 0.6 is 39.1 Å². The van der Waals surface area contributed by atoms with E-state index in [2.05, 4.69) is 15.9 Å². The lowest BCUT2D eigenvalue weighted by molar-refractivity contribution is 0.306. The maximum Gasteiger partial charge on any atom is 0.120 e. The molecule has 0 aliphatic rings. The van der Waals surface area contributed by atoms with Gasteiger partial charge in [-0.05, 0) is 49.2 Å². The Morgan fingerprint density at radius 2 is 1.86 bits per heavy atom. The molecule has 0 radical (unpaired) electrons. The second kappa shape index (κ2) is 7.50. The van der Waals surface area contributed by atoms with Gasteiger partial charge in [0.05, 0.1) is 0 Å². The predicted octanol–water partition coefficient (Wildman–Crippen LogP) is 5.22. The molecule has 0 fully saturated rings. The minimum absolute atomic E-state index is 0.0922. The summed E-state index contributed by atoms with van der Waals surface area (Å²) in [5.41, 5.74) is 7.76. The molecule has 21 heavy (non-hydrogen) atoms. The fourth-order valence-electron chi connectivity index (χ4n) is 1.97. The van der Waals surface area contributed by atoms with Crippen LogP contribution < -0.4 is 10.5 Å². The van der Waals surface area contributed by atoms with Gasteiger partial charge in [0.15, 0.2) is 0 Å². The molecule has 0 heterocycles. The smallest absolute Gasteiger partial charge is 0.120 e. The number of rotatable bonds is 5. The summed E-state index contributed by atoms with van der Waals surface area (Å²) in [6.07, 6.45) is 0.782. The number of nitrogens with two attached hydrogens (primary N) is 1. The average Bonchev–Trinajstić information content (AvgIpc) is 2.41. The lowest BCUT2D eigenvalue weighted by Crippen LogP contribution is -2.18. The number of ether oxygens (including phenoxy) is 1. The molecule has 5 heteroatoms. The van der Waals surface area contributed by atoms with Gasteiger partial charge in [0.2, 0.25) is 0 Å². The van der Waals surface area contributed by atoms with Gasteiger partial charge in [-0.15, -0.1) is 0 Å². The molecule has 0 aliphatic heterocycles. The van der Waals surface area contributed by atoms with Gasteiger partial charge in [-0.25, -0.2) is 0 Å². The van der Waals surface area contributed by atoms with Crippen LogP contribution in [0.1, 0.15) is 18.1 Å². The summed E-state index contributed by atoms with van der Waals surface area (Å²) < 4.78 is 6.83. The summed E-state index contributed by atoms with van der Waals surface area (Å²) in [7, 11) is 0. The van der Waals surface area contributed by atoms with Gasteiger partial charge in [-0.1, -0.05) is 45.2 Å². The second-order valence-electron chi connectivity index (χ2n) is 4.92. The Balaban J connectivity index is 2.13. The summed E-state index contributed by atoms with van der Waals surface area (Å²) in [5, 5.41) is 1.21. The molecule has 0 saturated heterocycles. The first-order valence-corrected chi connectivity index (χ1v) is 8.12. The van der Waals surface area contributed by atoms with E-state index in [1.165, 1.54) is 0 Å². The van der Waals surface area contributed by atoms with Crippen molar-refractivity contribution in [2.75, 3.05) is 0 Å². The van der Waals surface area contributed by atoms with E-state index in [0.717, 1.165) is 27.8 Å². The van der Waals surface area contributed by atoms with Crippen LogP contribution in [0.25, 0.3) is 0 Å². The van der Waals surface area contributed by atoms with E-state index in [9.17, 15) is 0 Å². The van der Waals surface area contributed by atoms with Crippen LogP contribution in [0.15, 0.2) is 40.9 Å². The molecule has 0 aromatic heterocycles. The summed E-state index contributed by atoms with van der Waals surface area (Å²) in [6, 6.07) is 11.4. The first-order chi connectivity index (χ1) is 9.97. The Hall–Kier alpha value is -0.740. The number of hydrogen-bond acceptors (Lipinski definition) is 2. The quantitative estimate of drug-likeness (QED) is 0.761. The Morgan fingerprint density at radius 3 is 2.48 bits per heavy atom. The third-order valence-corrected chi connectivity index (χ3v) is 4.49. The van der Waals surface area contributed by atoms with Crippen LogP contribution in [0, 0.1) is 0 Å². The van der Waals surface area contributed by atoms with Crippen molar-refractivity contribution in [3.63, 3.8) is 0 Å². The zero-order valence-corrected chi connectivity index (χ0v) is 14.7. The van der Waals surface area contributed by atoms with E-state index in [-0.39, 0.29) is 6.04 Å². The predicted molar refractivity (Wildman–Crippen MR) is 92.3 cm³/mol. The van der Waals surface area contributed by atoms with Gasteiger partial charge in [0, 0.05) is 26.1 Å². The standard InChI is InChI=1S/C16H16BrCl2NO/c1-10(20)7-11-8-12(5-6-14(11)17)21-9-13-15(18)3-2-4-16(13)19/h2-6,8,10H,7,9,20H2,1H3. The third-order valence-electron chi connectivity index (χ3n) is 3.00. The van der Waals surface area contributed by atoms with Gasteiger partial charge < -0.3 is 10.5 Å². The first-order valence-electron chi connectivity index (χ1n) is 6.57. The zero-order chi connectivity index (χ0) is 15.4. The normalized spacial score (nSPS) is 12.2. The number of benzene rings is 2. The molecule has 2 nitrogen and oxygen atoms in total. The Labute approximate surface area is 143 Å². The third kappa shape index (κ3) is 4.62. The summed E-state index contributed by atoms with van der Waals surface area (Å²) >= 11 is 15.8. The molecule has 1 atom stereocenters. The monoisotopic (exact) mass is 387 g/mol. The van der Waals surface area contributed by atoms with Crippen LogP contribution in [0.5, 0.6) is 5.75 Å². The van der Waals surface area contributed by atoms with E-state index >= 15 is 0 Å². The molecule has 0 saturated carbocycles. The molecule has 2 aromatic rings. The van der Waals surface area contributed by atoms with Crippen molar-refractivity contribution in [2.45, 2.75) is 26.0 Å². The maximum atomic E-state index is 6.13. The van der Waals surface area contributed by atoms with Crippen LogP contribution in [0.2, 0.25) is 10.0 Å². The molecular weight excluding hydrogens is 373 g/mol. The molecule has 0 bridgehead atoms. The average molecular weight is 389 g/mol. The first kappa shape index (κ1) is 16.6. The van der Waals surface area contributed by atoms with Gasteiger partial charge in [-0.3, -0.25) is 0 Å². The van der Waals surface area contributed by atoms with E-state index in [0.29, 0.717) is 16.7 Å². The SMILES string of the molecule is CC(N)Cc1cc(OCc2c(Cl)cccc2Cl)ccc1Br. The number of hydrogen-bond donors (Lipinski definition) is 1. The minimum Gasteiger partial charge on any atom is -0.489 e. The molecule has 2 N–H and O–H groups in total. The zero-order valence-electron chi connectivity index (χ0n) is 11.6. The van der Waals surface area contributed by atoms with Crippen molar-refractivity contribution in [1.29, 1.82) is 0 Å². The Morgan fingerprint density at radius 1 is 1.19 bits per heavy atom. The molecule has 2 rings (SSSR count). The molecule has 2 aromatic carbocycles. The lowest BCUT2D eigenvalue weighted by atomic mass is 10.1. The largest absolute Gasteiger partial charge is 0.489 e. The van der Waals surface area contributed by atoms with Crippen molar-refractivity contribution in [2.24, 2.45) is 5.73 Å². The minimum atomic E-state index is 0.0922. The Bertz CT molecular complexity index is 611. The fourth-order valence-corrected chi connectivity index (χ4v) is 2.88. The molecule has 0 spiro atoms. The highest BCUT2D eigenvalue weighted by atomic mass is 79.9. The van der Waals surface area contributed by atoms with E-state index < -0.39 is 0 Å². The summed E-state index contributed by atoms with van der Waals surface area (Å²) in [4.78, 5) is 0. The van der Waals surface area contributed by atoms with Crippen LogP contribution in [0.3, 0.4) is 0 Å². The van der Waals surface area contributed by atoms with Crippen LogP contribution in [-0.4, -0.2) is 6.04 Å². The summed E-state index contributed by atoms with van der Waals surface area (Å²) in [6.45, 7) is 2.31. The van der Waals surface area contributed by atoms with Gasteiger partial charge in [-0.2, -0.15) is 0 Å². The van der Waals surface area contributed by atoms with Crippen molar-refractivity contribution < 1.29 is 4.74 Å². The highest BCUT2D eigenvalue weighted by Crippen LogP contribution is 2.28. The molecular formula is C16H16BrCl2NO. The van der Waals surface area contributed by atoms with Gasteiger partial charge >= 0.3 is 0 Å². The lowest BCUT2D eigenvalue weighted by Gasteiger charge is -2.12. The second-order valence-corrected chi connectivity index (χ2v) is 6.59. The van der Waals surface area contributed by atoms with Gasteiger partial charge in [0.25, 0.3) is 0 Å². The highest BCUT2D eigenvalue weighted by molar-refractivity contribution is 9.10. The van der Waals surface area contributed by atoms with Crippen LogP contribution in [-0.2, 0) is 13.0 Å². The fraction of sp³-hybridized carbons (Fsp3) is 0.250.